The summed E-state index contributed by atoms with van der Waals surface area (Å²) in [5.74, 6) is -1.20. The van der Waals surface area contributed by atoms with Crippen LogP contribution in [0.1, 0.15) is 40.5 Å². The number of amides is 2. The van der Waals surface area contributed by atoms with Crippen molar-refractivity contribution in [3.05, 3.63) is 24.3 Å². The molecule has 0 bridgehead atoms. The Hall–Kier alpha value is -2.12. The highest BCUT2D eigenvalue weighted by atomic mass is 16.2. The molecule has 2 amide bonds. The van der Waals surface area contributed by atoms with Gasteiger partial charge in [0.2, 0.25) is 0 Å². The molecule has 1 aromatic rings. The molecule has 0 aromatic heterocycles. The van der Waals surface area contributed by atoms with E-state index in [4.69, 9.17) is 0 Å². The zero-order chi connectivity index (χ0) is 21.2. The Bertz CT molecular complexity index is 720. The van der Waals surface area contributed by atoms with Crippen LogP contribution in [0, 0.1) is 0 Å². The van der Waals surface area contributed by atoms with E-state index in [0.29, 0.717) is 5.69 Å². The van der Waals surface area contributed by atoms with Gasteiger partial charge in [0.15, 0.2) is 0 Å². The summed E-state index contributed by atoms with van der Waals surface area (Å²) < 4.78 is 0. The van der Waals surface area contributed by atoms with Crippen LogP contribution in [0.3, 0.4) is 0 Å². The molecule has 2 heterocycles. The van der Waals surface area contributed by atoms with Crippen molar-refractivity contribution in [1.82, 2.24) is 15.5 Å². The number of nitrogens with zero attached hydrogens (tertiary/aromatic N) is 2. The molecule has 1 aromatic carbocycles. The predicted octanol–water partition coefficient (Wildman–Crippen LogP) is 1.80. The fraction of sp³-hybridized carbons (Fsp3) is 0.636. The number of rotatable bonds is 3. The second-order valence-electron chi connectivity index (χ2n) is 9.76. The highest BCUT2D eigenvalue weighted by Gasteiger charge is 2.38. The number of anilines is 2. The van der Waals surface area contributed by atoms with E-state index in [-0.39, 0.29) is 17.1 Å². The van der Waals surface area contributed by atoms with Crippen molar-refractivity contribution < 1.29 is 9.59 Å². The minimum atomic E-state index is -0.619. The third kappa shape index (κ3) is 5.93. The Kier molecular flexibility index (Phi) is 6.19. The van der Waals surface area contributed by atoms with E-state index in [9.17, 15) is 9.59 Å². The van der Waals surface area contributed by atoms with E-state index in [2.05, 4.69) is 60.5 Å². The van der Waals surface area contributed by atoms with E-state index in [1.54, 1.807) is 0 Å². The third-order valence-electron chi connectivity index (χ3n) is 5.73. The van der Waals surface area contributed by atoms with Gasteiger partial charge < -0.3 is 25.8 Å². The van der Waals surface area contributed by atoms with Gasteiger partial charge >= 0.3 is 11.8 Å². The summed E-state index contributed by atoms with van der Waals surface area (Å²) >= 11 is 0. The maximum Gasteiger partial charge on any atom is 0.313 e. The van der Waals surface area contributed by atoms with Gasteiger partial charge in [0.05, 0.1) is 0 Å². The van der Waals surface area contributed by atoms with Crippen LogP contribution in [-0.4, -0.2) is 67.1 Å². The number of benzene rings is 1. The van der Waals surface area contributed by atoms with Gasteiger partial charge in [-0.05, 0) is 71.8 Å². The first-order chi connectivity index (χ1) is 13.5. The fourth-order valence-corrected chi connectivity index (χ4v) is 4.68. The van der Waals surface area contributed by atoms with Crippen LogP contribution in [0.15, 0.2) is 24.3 Å². The summed E-state index contributed by atoms with van der Waals surface area (Å²) in [6.45, 7) is 12.6. The second kappa shape index (κ2) is 8.32. The number of likely N-dealkylation sites (N-methyl/N-ethyl adjacent to an activating group) is 1. The van der Waals surface area contributed by atoms with Gasteiger partial charge in [0.1, 0.15) is 0 Å². The van der Waals surface area contributed by atoms with E-state index in [0.717, 1.165) is 44.7 Å². The normalized spacial score (nSPS) is 22.2. The van der Waals surface area contributed by atoms with Crippen molar-refractivity contribution in [1.29, 1.82) is 0 Å². The molecule has 0 spiro atoms. The van der Waals surface area contributed by atoms with E-state index in [1.165, 1.54) is 0 Å². The van der Waals surface area contributed by atoms with Gasteiger partial charge in [0.25, 0.3) is 0 Å². The van der Waals surface area contributed by atoms with Crippen LogP contribution in [-0.2, 0) is 9.59 Å². The van der Waals surface area contributed by atoms with Crippen LogP contribution in [0.5, 0.6) is 0 Å². The lowest BCUT2D eigenvalue weighted by atomic mass is 9.79. The Labute approximate surface area is 174 Å². The van der Waals surface area contributed by atoms with E-state index < -0.39 is 11.8 Å². The molecule has 0 unspecified atom stereocenters. The molecule has 0 radical (unpaired) electrons. The summed E-state index contributed by atoms with van der Waals surface area (Å²) in [6.07, 6.45) is 1.57. The van der Waals surface area contributed by atoms with Crippen LogP contribution in [0.2, 0.25) is 0 Å². The first-order valence-electron chi connectivity index (χ1n) is 10.5. The quantitative estimate of drug-likeness (QED) is 0.674. The van der Waals surface area contributed by atoms with E-state index in [1.807, 2.05) is 24.3 Å². The number of nitrogens with one attached hydrogen (secondary N) is 3. The summed E-state index contributed by atoms with van der Waals surface area (Å²) in [4.78, 5) is 29.4. The first-order valence-corrected chi connectivity index (χ1v) is 10.5. The summed E-state index contributed by atoms with van der Waals surface area (Å²) in [6, 6.07) is 7.68. The maximum atomic E-state index is 12.4. The molecule has 0 aliphatic carbocycles. The van der Waals surface area contributed by atoms with Gasteiger partial charge in [-0.15, -0.1) is 0 Å². The van der Waals surface area contributed by atoms with Gasteiger partial charge in [-0.1, -0.05) is 0 Å². The Morgan fingerprint density at radius 1 is 0.931 bits per heavy atom. The fourth-order valence-electron chi connectivity index (χ4n) is 4.68. The van der Waals surface area contributed by atoms with Crippen molar-refractivity contribution in [2.75, 3.05) is 43.4 Å². The molecular weight excluding hydrogens is 366 g/mol. The number of carbonyl (C=O) groups excluding carboxylic acids is 2. The Balaban J connectivity index is 1.53. The van der Waals surface area contributed by atoms with Crippen molar-refractivity contribution >= 4 is 23.2 Å². The number of piperidine rings is 1. The molecule has 0 saturated carbocycles. The monoisotopic (exact) mass is 401 g/mol. The van der Waals surface area contributed by atoms with Crippen molar-refractivity contribution in [2.24, 2.45) is 0 Å². The number of hydrogen-bond donors (Lipinski definition) is 3. The lowest BCUT2D eigenvalue weighted by Gasteiger charge is -2.46. The summed E-state index contributed by atoms with van der Waals surface area (Å²) in [7, 11) is 2.13. The molecule has 29 heavy (non-hydrogen) atoms. The molecule has 160 valence electrons. The lowest BCUT2D eigenvalue weighted by molar-refractivity contribution is -0.137. The molecule has 0 atom stereocenters. The van der Waals surface area contributed by atoms with Crippen LogP contribution >= 0.6 is 0 Å². The molecule has 2 aliphatic rings. The summed E-state index contributed by atoms with van der Waals surface area (Å²) in [5.41, 5.74) is 1.60. The molecule has 7 nitrogen and oxygen atoms in total. The standard InChI is InChI=1S/C22H35N5O2/c1-21(2)14-17(15-22(3,4)25-21)24-20(29)19(28)23-16-6-8-18(9-7-16)27-12-10-26(5)11-13-27/h6-9,17,25H,10-15H2,1-5H3,(H,23,28)(H,24,29). The molecule has 2 fully saturated rings. The molecule has 3 N–H and O–H groups in total. The zero-order valence-corrected chi connectivity index (χ0v) is 18.3. The number of hydrogen-bond acceptors (Lipinski definition) is 5. The van der Waals surface area contributed by atoms with Crippen molar-refractivity contribution in [3.8, 4) is 0 Å². The molecule has 3 rings (SSSR count). The van der Waals surface area contributed by atoms with Crippen molar-refractivity contribution in [2.45, 2.75) is 57.7 Å². The summed E-state index contributed by atoms with van der Waals surface area (Å²) in [5, 5.41) is 9.21. The number of piperazine rings is 1. The van der Waals surface area contributed by atoms with Gasteiger partial charge in [-0.3, -0.25) is 9.59 Å². The second-order valence-corrected chi connectivity index (χ2v) is 9.76. The van der Waals surface area contributed by atoms with Crippen LogP contribution in [0.4, 0.5) is 11.4 Å². The first kappa shape index (κ1) is 21.6. The average molecular weight is 402 g/mol. The maximum absolute atomic E-state index is 12.4. The van der Waals surface area contributed by atoms with Crippen LogP contribution in [0.25, 0.3) is 0 Å². The largest absolute Gasteiger partial charge is 0.369 e. The molecular formula is C22H35N5O2. The van der Waals surface area contributed by atoms with Gasteiger partial charge in [-0.2, -0.15) is 0 Å². The van der Waals surface area contributed by atoms with E-state index >= 15 is 0 Å². The Morgan fingerprint density at radius 2 is 1.48 bits per heavy atom. The minimum absolute atomic E-state index is 0.0286. The molecule has 2 saturated heterocycles. The average Bonchev–Trinajstić information content (AvgIpc) is 2.60. The topological polar surface area (TPSA) is 76.7 Å². The highest BCUT2D eigenvalue weighted by Crippen LogP contribution is 2.28. The lowest BCUT2D eigenvalue weighted by Crippen LogP contribution is -2.62. The van der Waals surface area contributed by atoms with Gasteiger partial charge in [-0.25, -0.2) is 0 Å². The smallest absolute Gasteiger partial charge is 0.313 e. The Morgan fingerprint density at radius 3 is 2.03 bits per heavy atom. The van der Waals surface area contributed by atoms with Crippen LogP contribution < -0.4 is 20.9 Å². The number of carbonyl (C=O) groups is 2. The predicted molar refractivity (Wildman–Crippen MR) is 117 cm³/mol. The minimum Gasteiger partial charge on any atom is -0.369 e. The molecule has 7 heteroatoms. The van der Waals surface area contributed by atoms with Gasteiger partial charge in [0, 0.05) is 54.7 Å². The van der Waals surface area contributed by atoms with Crippen molar-refractivity contribution in [3.63, 3.8) is 0 Å². The highest BCUT2D eigenvalue weighted by molar-refractivity contribution is 6.39. The zero-order valence-electron chi connectivity index (χ0n) is 18.3. The molecule has 2 aliphatic heterocycles. The third-order valence-corrected chi connectivity index (χ3v) is 5.73. The SMILES string of the molecule is CN1CCN(c2ccc(NC(=O)C(=O)NC3CC(C)(C)NC(C)(C)C3)cc2)CC1.